The number of hydrogen-bond acceptors (Lipinski definition) is 22. The average Bonchev–Trinajstić information content (AvgIpc) is 1.65. The summed E-state index contributed by atoms with van der Waals surface area (Å²) >= 11 is 0. The normalized spacial score (nSPS) is 19.5. The number of unbranched alkanes of at least 4 members (excludes halogenated alkanes) is 2. The molecule has 1 aromatic carbocycles. The number of primary amides is 2. The molecule has 43 heteroatoms. The first-order valence-corrected chi connectivity index (χ1v) is 43.5. The fourth-order valence-corrected chi connectivity index (χ4v) is 14.0. The number of nitrogens with one attached hydrogen (secondary N) is 14. The fourth-order valence-electron chi connectivity index (χ4n) is 14.0. The Morgan fingerprint density at radius 3 is 1.61 bits per heavy atom. The number of aliphatic imine (C=N–C) groups is 2. The lowest BCUT2D eigenvalue weighted by molar-refractivity contribution is -0.142. The van der Waals surface area contributed by atoms with Crippen molar-refractivity contribution in [3.8, 4) is 5.75 Å². The number of benzene rings is 1. The first-order valence-electron chi connectivity index (χ1n) is 43.5. The molecule has 0 aromatic heterocycles. The quantitative estimate of drug-likeness (QED) is 0.0166. The summed E-state index contributed by atoms with van der Waals surface area (Å²) in [6, 6.07) is -13.3. The van der Waals surface area contributed by atoms with Gasteiger partial charge < -0.3 is 130 Å². The molecule has 17 amide bonds. The highest BCUT2D eigenvalue weighted by atomic mass is 16.3. The summed E-state index contributed by atoms with van der Waals surface area (Å²) < 4.78 is 0. The third-order valence-corrected chi connectivity index (χ3v) is 21.3. The molecular formula is C83H142N24O19. The standard InChI is InChI=1S/C83H142N24O19/c1-14-46(11)66(68(86)113)106-77(122)59(37-49-24-26-50(108)27-25-49)102-79(124)62-38-51(109)41-107(62)81(126)48(13)95-73(118)55(33-42(3)4)96-64(111)23-17-16-18-30-91-70(115)54(28-29-63(85)110)98-74(119)56(34-43(5)6)101-75(120)57(35-44(7)8)100-72(117)53(22-20-32-93-83(89)90)97-78(123)61-40-94-71(116)60(99-69(114)52(84)21-19-31-92-82(87)88)39-65(112)105-67(47(12)15-2)80(125)103-58(36-45(9)10)76(121)104-61/h24-27,42-48,51-62,66-67,108-109H,14-23,28-41,84H2,1-13H3,(H2,85,110)(H2,86,113)(H,91,115)(H,94,116)(H,95,118)(H,96,111)(H,97,123)(H,98,119)(H,99,114)(H,100,117)(H,101,120)(H,102,124)(H,103,125)(H,104,121)(H,105,112)(H,106,122)(H4,87,88,92)(H4,89,90,93)/t46-,47-,48-,51-,52-,53-,54-,55-,56-,57-,58-,59-,60-,61-,62-,66-,67-/m0/s1. The van der Waals surface area contributed by atoms with Crippen molar-refractivity contribution in [3.63, 3.8) is 0 Å². The molecule has 0 bridgehead atoms. The van der Waals surface area contributed by atoms with E-state index in [1.165, 1.54) is 31.2 Å². The number of aliphatic hydroxyl groups excluding tert-OH is 1. The zero-order valence-electron chi connectivity index (χ0n) is 75.1. The van der Waals surface area contributed by atoms with E-state index in [1.807, 2.05) is 13.8 Å². The molecule has 0 aliphatic carbocycles. The number of carbonyl (C=O) groups is 17. The number of aliphatic hydroxyl groups is 1. The van der Waals surface area contributed by atoms with Crippen molar-refractivity contribution < 1.29 is 91.7 Å². The second kappa shape index (κ2) is 55.1. The van der Waals surface area contributed by atoms with Crippen LogP contribution < -0.4 is 115 Å². The molecule has 2 fully saturated rings. The van der Waals surface area contributed by atoms with Gasteiger partial charge in [-0.2, -0.15) is 0 Å². The van der Waals surface area contributed by atoms with Gasteiger partial charge in [-0.1, -0.05) is 114 Å². The fraction of sp³-hybridized carbons (Fsp3) is 0.699. The number of phenols is 1. The third kappa shape index (κ3) is 39.8. The lowest BCUT2D eigenvalue weighted by Gasteiger charge is -2.30. The number of nitrogens with zero attached hydrogens (tertiary/aromatic N) is 3. The summed E-state index contributed by atoms with van der Waals surface area (Å²) in [7, 11) is 0. The lowest BCUT2D eigenvalue weighted by Crippen LogP contribution is -2.63. The Balaban J connectivity index is 1.82. The Morgan fingerprint density at radius 1 is 0.540 bits per heavy atom. The van der Waals surface area contributed by atoms with Gasteiger partial charge in [0.2, 0.25) is 100 Å². The number of β-amino-alcohol motifs (C(OH)–C–C–N with tert-alkyl or cyclic N) is 1. The van der Waals surface area contributed by atoms with Crippen LogP contribution in [-0.2, 0) is 87.9 Å². The van der Waals surface area contributed by atoms with E-state index in [1.54, 1.807) is 69.2 Å². The average molecular weight is 1780 g/mol. The minimum Gasteiger partial charge on any atom is -0.508 e. The highest BCUT2D eigenvalue weighted by molar-refractivity contribution is 6.01. The molecule has 708 valence electrons. The molecule has 126 heavy (non-hydrogen) atoms. The van der Waals surface area contributed by atoms with Crippen LogP contribution in [-0.4, -0.2) is 251 Å². The molecule has 2 aliphatic heterocycles. The molecule has 43 nitrogen and oxygen atoms in total. The number of hydrogen-bond donors (Lipinski definition) is 23. The van der Waals surface area contributed by atoms with Crippen LogP contribution in [0.2, 0.25) is 0 Å². The number of carbonyl (C=O) groups excluding carboxylic acids is 17. The first kappa shape index (κ1) is 109. The molecule has 0 spiro atoms. The van der Waals surface area contributed by atoms with E-state index in [-0.39, 0.29) is 163 Å². The maximum Gasteiger partial charge on any atom is 0.245 e. The zero-order valence-corrected chi connectivity index (χ0v) is 75.1. The van der Waals surface area contributed by atoms with E-state index < -0.39 is 210 Å². The Labute approximate surface area is 736 Å². The van der Waals surface area contributed by atoms with Crippen LogP contribution in [0.25, 0.3) is 0 Å². The van der Waals surface area contributed by atoms with Crippen molar-refractivity contribution in [2.24, 2.45) is 85.6 Å². The molecule has 2 heterocycles. The van der Waals surface area contributed by atoms with Crippen molar-refractivity contribution in [1.82, 2.24) is 79.3 Å². The molecule has 17 atom stereocenters. The predicted molar refractivity (Wildman–Crippen MR) is 468 cm³/mol. The smallest absolute Gasteiger partial charge is 0.245 e. The number of phenolic OH excluding ortho intramolecular Hbond substituents is 1. The lowest BCUT2D eigenvalue weighted by atomic mass is 9.96. The minimum absolute atomic E-state index is 0.0156. The number of aromatic hydroxyl groups is 1. The summed E-state index contributed by atoms with van der Waals surface area (Å²) in [4.78, 5) is 246. The molecule has 2 saturated heterocycles. The number of guanidine groups is 2. The third-order valence-electron chi connectivity index (χ3n) is 21.3. The monoisotopic (exact) mass is 1780 g/mol. The van der Waals surface area contributed by atoms with Gasteiger partial charge in [0, 0.05) is 58.4 Å². The predicted octanol–water partition coefficient (Wildman–Crippen LogP) is -4.61. The molecule has 2 aliphatic rings. The van der Waals surface area contributed by atoms with Crippen LogP contribution in [0.4, 0.5) is 0 Å². The Bertz CT molecular complexity index is 3900. The molecule has 3 rings (SSSR count). The number of rotatable bonds is 51. The number of nitrogens with two attached hydrogens (primary N) is 7. The highest BCUT2D eigenvalue weighted by Gasteiger charge is 2.44. The van der Waals surface area contributed by atoms with E-state index in [0.717, 1.165) is 4.90 Å². The van der Waals surface area contributed by atoms with Crippen LogP contribution in [0.3, 0.4) is 0 Å². The van der Waals surface area contributed by atoms with Crippen molar-refractivity contribution >= 4 is 112 Å². The van der Waals surface area contributed by atoms with Gasteiger partial charge in [-0.15, -0.1) is 0 Å². The van der Waals surface area contributed by atoms with Gasteiger partial charge >= 0.3 is 0 Å². The first-order chi connectivity index (χ1) is 59.1. The Morgan fingerprint density at radius 2 is 1.07 bits per heavy atom. The molecular weight excluding hydrogens is 1640 g/mol. The van der Waals surface area contributed by atoms with Crippen molar-refractivity contribution in [2.75, 3.05) is 32.7 Å². The van der Waals surface area contributed by atoms with Gasteiger partial charge in [0.25, 0.3) is 0 Å². The Hall–Kier alpha value is -11.5. The summed E-state index contributed by atoms with van der Waals surface area (Å²) in [5.41, 5.74) is 40.0. The second-order valence-electron chi connectivity index (χ2n) is 34.4. The Kier molecular flexibility index (Phi) is 47.5. The topological polar surface area (TPSA) is 709 Å². The van der Waals surface area contributed by atoms with Crippen LogP contribution in [0.5, 0.6) is 5.75 Å². The van der Waals surface area contributed by atoms with Gasteiger partial charge in [0.1, 0.15) is 84.3 Å². The second-order valence-corrected chi connectivity index (χ2v) is 34.4. The van der Waals surface area contributed by atoms with E-state index in [0.29, 0.717) is 31.2 Å². The summed E-state index contributed by atoms with van der Waals surface area (Å²) in [6.07, 6.45) is -1.01. The van der Waals surface area contributed by atoms with E-state index >= 15 is 0 Å². The van der Waals surface area contributed by atoms with Gasteiger partial charge in [-0.3, -0.25) is 91.5 Å². The van der Waals surface area contributed by atoms with Gasteiger partial charge in [0.15, 0.2) is 11.9 Å². The van der Waals surface area contributed by atoms with Crippen LogP contribution in [0.15, 0.2) is 34.3 Å². The number of amides is 17. The van der Waals surface area contributed by atoms with Gasteiger partial charge in [-0.05, 0) is 131 Å². The molecule has 0 unspecified atom stereocenters. The van der Waals surface area contributed by atoms with E-state index in [9.17, 15) is 91.7 Å². The minimum atomic E-state index is -1.76. The molecule has 0 radical (unpaired) electrons. The molecule has 30 N–H and O–H groups in total. The highest BCUT2D eigenvalue weighted by Crippen LogP contribution is 2.23. The molecule has 1 aromatic rings. The largest absolute Gasteiger partial charge is 0.508 e. The van der Waals surface area contributed by atoms with Crippen molar-refractivity contribution in [3.05, 3.63) is 29.8 Å². The van der Waals surface area contributed by atoms with E-state index in [4.69, 9.17) is 40.1 Å². The summed E-state index contributed by atoms with van der Waals surface area (Å²) in [5.74, 6) is -16.4. The number of likely N-dealkylation sites (tertiary alicyclic amines) is 1. The maximum atomic E-state index is 14.9. The molecule has 0 saturated carbocycles. The summed E-state index contributed by atoms with van der Waals surface area (Å²) in [5, 5.41) is 57.8. The maximum absolute atomic E-state index is 14.9. The zero-order chi connectivity index (χ0) is 94.9. The van der Waals surface area contributed by atoms with Crippen molar-refractivity contribution in [2.45, 2.75) is 303 Å². The van der Waals surface area contributed by atoms with Crippen molar-refractivity contribution in [1.29, 1.82) is 0 Å². The summed E-state index contributed by atoms with van der Waals surface area (Å²) in [6.45, 7) is 21.6. The van der Waals surface area contributed by atoms with Gasteiger partial charge in [-0.25, -0.2) is 0 Å². The van der Waals surface area contributed by atoms with E-state index in [2.05, 4.69) is 84.4 Å². The van der Waals surface area contributed by atoms with Crippen LogP contribution in [0.1, 0.15) is 211 Å². The SMILES string of the molecule is CC[C@H](C)[C@H](NC(=O)[C@H](Cc1ccc(O)cc1)NC(=O)[C@@H]1C[C@H](O)CN1C(=O)[C@H](C)NC(=O)[C@H](CC(C)C)NC(=O)CCCCCNC(=O)[C@H](CCC(N)=O)NC(=O)[C@H](CC(C)C)NC(=O)[C@H](CC(C)C)NC(=O)[C@H](CCCN=C(N)N)NC(=O)[C@@H]1CNC(=O)[C@@H](NC(=O)[C@@H](N)CCCN=C(N)N)CC(=O)N[C@@H]([C@@H](C)CC)C(=O)N[C@@H](CC(C)C)C(=O)N1)C(N)=O. The van der Waals surface area contributed by atoms with Gasteiger partial charge in [0.05, 0.1) is 18.6 Å². The van der Waals surface area contributed by atoms with Crippen LogP contribution >= 0.6 is 0 Å². The van der Waals surface area contributed by atoms with Crippen LogP contribution in [0, 0.1) is 35.5 Å².